The minimum atomic E-state index is -3.76. The maximum Gasteiger partial charge on any atom is 0.309 e. The first kappa shape index (κ1) is 15.5. The summed E-state index contributed by atoms with van der Waals surface area (Å²) in [5.74, 6) is -7.39. The SMILES string of the molecule is Cc1cc(F)c(C(F)(F)CC(C)(C)C(=O)O)cc1F. The Labute approximate surface area is 108 Å². The lowest BCUT2D eigenvalue weighted by atomic mass is 9.84. The minimum Gasteiger partial charge on any atom is -0.481 e. The van der Waals surface area contributed by atoms with E-state index in [2.05, 4.69) is 0 Å². The summed E-state index contributed by atoms with van der Waals surface area (Å²) < 4.78 is 54.6. The van der Waals surface area contributed by atoms with Crippen LogP contribution in [-0.2, 0) is 10.7 Å². The molecule has 0 heterocycles. The maximum absolute atomic E-state index is 13.9. The molecule has 0 amide bonds. The summed E-state index contributed by atoms with van der Waals surface area (Å²) in [5, 5.41) is 8.82. The second-order valence-corrected chi connectivity index (χ2v) is 5.15. The highest BCUT2D eigenvalue weighted by molar-refractivity contribution is 5.73. The summed E-state index contributed by atoms with van der Waals surface area (Å²) >= 11 is 0. The van der Waals surface area contributed by atoms with Crippen molar-refractivity contribution in [2.24, 2.45) is 5.41 Å². The number of halogens is 4. The van der Waals surface area contributed by atoms with Gasteiger partial charge in [-0.3, -0.25) is 4.79 Å². The number of carboxylic acids is 1. The zero-order chi connectivity index (χ0) is 15.0. The molecule has 0 aliphatic rings. The van der Waals surface area contributed by atoms with E-state index in [4.69, 9.17) is 5.11 Å². The fourth-order valence-electron chi connectivity index (χ4n) is 1.65. The van der Waals surface area contributed by atoms with Crippen LogP contribution < -0.4 is 0 Å². The molecule has 19 heavy (non-hydrogen) atoms. The van der Waals surface area contributed by atoms with Gasteiger partial charge in [0.1, 0.15) is 11.6 Å². The normalized spacial score (nSPS) is 12.6. The fourth-order valence-corrected chi connectivity index (χ4v) is 1.65. The van der Waals surface area contributed by atoms with Crippen molar-refractivity contribution in [1.82, 2.24) is 0 Å². The van der Waals surface area contributed by atoms with Crippen LogP contribution in [0.1, 0.15) is 31.4 Å². The third-order valence-corrected chi connectivity index (χ3v) is 2.89. The van der Waals surface area contributed by atoms with E-state index in [0.717, 1.165) is 13.8 Å². The van der Waals surface area contributed by atoms with E-state index in [0.29, 0.717) is 12.1 Å². The van der Waals surface area contributed by atoms with E-state index >= 15 is 0 Å². The monoisotopic (exact) mass is 278 g/mol. The van der Waals surface area contributed by atoms with Gasteiger partial charge in [0, 0.05) is 6.42 Å². The van der Waals surface area contributed by atoms with Gasteiger partial charge in [-0.15, -0.1) is 0 Å². The van der Waals surface area contributed by atoms with Crippen molar-refractivity contribution in [2.45, 2.75) is 33.1 Å². The molecule has 0 radical (unpaired) electrons. The molecule has 2 nitrogen and oxygen atoms in total. The van der Waals surface area contributed by atoms with Gasteiger partial charge in [-0.1, -0.05) is 0 Å². The fraction of sp³-hybridized carbons (Fsp3) is 0.462. The van der Waals surface area contributed by atoms with Gasteiger partial charge in [0.05, 0.1) is 11.0 Å². The van der Waals surface area contributed by atoms with Crippen LogP contribution in [0, 0.1) is 24.0 Å². The van der Waals surface area contributed by atoms with Crippen molar-refractivity contribution in [3.05, 3.63) is 34.9 Å². The predicted molar refractivity (Wildman–Crippen MR) is 61.0 cm³/mol. The average molecular weight is 278 g/mol. The third kappa shape index (κ3) is 3.24. The molecular weight excluding hydrogens is 264 g/mol. The molecule has 1 rings (SSSR count). The first-order valence-corrected chi connectivity index (χ1v) is 5.55. The van der Waals surface area contributed by atoms with Crippen molar-refractivity contribution in [3.8, 4) is 0 Å². The summed E-state index contributed by atoms with van der Waals surface area (Å²) in [7, 11) is 0. The topological polar surface area (TPSA) is 37.3 Å². The molecule has 0 aromatic heterocycles. The Hall–Kier alpha value is -1.59. The lowest BCUT2D eigenvalue weighted by molar-refractivity contribution is -0.153. The second kappa shape index (κ2) is 4.83. The van der Waals surface area contributed by atoms with Crippen molar-refractivity contribution >= 4 is 5.97 Å². The Balaban J connectivity index is 3.21. The molecule has 0 saturated carbocycles. The number of rotatable bonds is 4. The first-order valence-electron chi connectivity index (χ1n) is 5.55. The number of carboxylic acid groups (broad SMARTS) is 1. The van der Waals surface area contributed by atoms with Gasteiger partial charge in [0.25, 0.3) is 5.92 Å². The van der Waals surface area contributed by atoms with Crippen LogP contribution in [0.25, 0.3) is 0 Å². The molecule has 1 aromatic rings. The van der Waals surface area contributed by atoms with Crippen LogP contribution in [-0.4, -0.2) is 11.1 Å². The van der Waals surface area contributed by atoms with Gasteiger partial charge in [-0.2, -0.15) is 0 Å². The Morgan fingerprint density at radius 1 is 1.21 bits per heavy atom. The quantitative estimate of drug-likeness (QED) is 0.849. The van der Waals surface area contributed by atoms with E-state index in [-0.39, 0.29) is 5.56 Å². The number of carbonyl (C=O) groups is 1. The zero-order valence-electron chi connectivity index (χ0n) is 10.7. The van der Waals surface area contributed by atoms with Gasteiger partial charge in [-0.05, 0) is 38.5 Å². The summed E-state index contributed by atoms with van der Waals surface area (Å²) in [6.07, 6.45) is -1.12. The lowest BCUT2D eigenvalue weighted by Gasteiger charge is -2.26. The molecule has 6 heteroatoms. The standard InChI is InChI=1S/C13H14F4O2/c1-7-4-10(15)8(5-9(7)14)13(16,17)6-12(2,3)11(18)19/h4-5H,6H2,1-3H3,(H,18,19). The smallest absolute Gasteiger partial charge is 0.309 e. The van der Waals surface area contributed by atoms with Gasteiger partial charge in [0.2, 0.25) is 0 Å². The van der Waals surface area contributed by atoms with E-state index in [1.807, 2.05) is 0 Å². The molecule has 0 aliphatic carbocycles. The van der Waals surface area contributed by atoms with Crippen LogP contribution in [0.5, 0.6) is 0 Å². The van der Waals surface area contributed by atoms with E-state index in [1.165, 1.54) is 6.92 Å². The van der Waals surface area contributed by atoms with Crippen LogP contribution in [0.3, 0.4) is 0 Å². The Bertz CT molecular complexity index is 510. The summed E-state index contributed by atoms with van der Waals surface area (Å²) in [5.41, 5.74) is -2.96. The van der Waals surface area contributed by atoms with Gasteiger partial charge < -0.3 is 5.11 Å². The molecule has 0 aliphatic heterocycles. The van der Waals surface area contributed by atoms with Crippen LogP contribution >= 0.6 is 0 Å². The summed E-state index contributed by atoms with van der Waals surface area (Å²) in [6, 6.07) is 1.09. The number of alkyl halides is 2. The summed E-state index contributed by atoms with van der Waals surface area (Å²) in [6.45, 7) is 3.46. The van der Waals surface area contributed by atoms with Crippen LogP contribution in [0.2, 0.25) is 0 Å². The molecule has 1 N–H and O–H groups in total. The Kier molecular flexibility index (Phi) is 3.93. The number of hydrogen-bond acceptors (Lipinski definition) is 1. The Morgan fingerprint density at radius 3 is 2.21 bits per heavy atom. The molecule has 0 bridgehead atoms. The van der Waals surface area contributed by atoms with E-state index in [1.54, 1.807) is 0 Å². The predicted octanol–water partition coefficient (Wildman–Crippen LogP) is 3.87. The van der Waals surface area contributed by atoms with Crippen LogP contribution in [0.15, 0.2) is 12.1 Å². The molecular formula is C13H14F4O2. The van der Waals surface area contributed by atoms with Crippen molar-refractivity contribution in [3.63, 3.8) is 0 Å². The Morgan fingerprint density at radius 2 is 1.74 bits per heavy atom. The number of benzene rings is 1. The minimum absolute atomic E-state index is 0.0884. The molecule has 0 saturated heterocycles. The van der Waals surface area contributed by atoms with Gasteiger partial charge in [0.15, 0.2) is 0 Å². The summed E-state index contributed by atoms with van der Waals surface area (Å²) in [4.78, 5) is 10.8. The lowest BCUT2D eigenvalue weighted by Crippen LogP contribution is -2.31. The first-order chi connectivity index (χ1) is 8.47. The van der Waals surface area contributed by atoms with Crippen molar-refractivity contribution < 1.29 is 27.5 Å². The number of hydrogen-bond donors (Lipinski definition) is 1. The molecule has 0 spiro atoms. The third-order valence-electron chi connectivity index (χ3n) is 2.89. The highest BCUT2D eigenvalue weighted by Gasteiger charge is 2.44. The van der Waals surface area contributed by atoms with Crippen LogP contribution in [0.4, 0.5) is 17.6 Å². The van der Waals surface area contributed by atoms with E-state index < -0.39 is 40.9 Å². The number of aryl methyl sites for hydroxylation is 1. The highest BCUT2D eigenvalue weighted by atomic mass is 19.3. The molecule has 0 fully saturated rings. The van der Waals surface area contributed by atoms with E-state index in [9.17, 15) is 22.4 Å². The van der Waals surface area contributed by atoms with Crippen molar-refractivity contribution in [2.75, 3.05) is 0 Å². The van der Waals surface area contributed by atoms with Crippen molar-refractivity contribution in [1.29, 1.82) is 0 Å². The number of aliphatic carboxylic acids is 1. The largest absolute Gasteiger partial charge is 0.481 e. The van der Waals surface area contributed by atoms with Gasteiger partial charge >= 0.3 is 5.97 Å². The zero-order valence-corrected chi connectivity index (χ0v) is 10.7. The van der Waals surface area contributed by atoms with Gasteiger partial charge in [-0.25, -0.2) is 17.6 Å². The molecule has 1 aromatic carbocycles. The molecule has 0 atom stereocenters. The average Bonchev–Trinajstić information content (AvgIpc) is 2.21. The molecule has 106 valence electrons. The second-order valence-electron chi connectivity index (χ2n) is 5.15. The molecule has 0 unspecified atom stereocenters. The highest BCUT2D eigenvalue weighted by Crippen LogP contribution is 2.41. The maximum atomic E-state index is 13.9.